The van der Waals surface area contributed by atoms with Crippen LogP contribution in [0.3, 0.4) is 0 Å². The molecule has 0 aliphatic rings. The number of fused-ring (bicyclic) bond motifs is 1. The standard InChI is InChI=1S/C15H8Cl2O2/c16-10-6-11(17)15-12(18)8-13(19-14(15)7-10)9-4-2-1-3-5-9/h1-8H. The van der Waals surface area contributed by atoms with E-state index in [1.807, 2.05) is 30.3 Å². The lowest BCUT2D eigenvalue weighted by Crippen LogP contribution is -2.01. The average Bonchev–Trinajstić information content (AvgIpc) is 2.38. The first kappa shape index (κ1) is 12.3. The zero-order valence-corrected chi connectivity index (χ0v) is 11.2. The molecule has 0 aliphatic heterocycles. The molecule has 3 aromatic rings. The summed E-state index contributed by atoms with van der Waals surface area (Å²) in [4.78, 5) is 12.1. The minimum Gasteiger partial charge on any atom is -0.456 e. The van der Waals surface area contributed by atoms with Crippen molar-refractivity contribution in [2.75, 3.05) is 0 Å². The second-order valence-corrected chi connectivity index (χ2v) is 4.95. The average molecular weight is 291 g/mol. The number of benzene rings is 2. The molecule has 0 radical (unpaired) electrons. The summed E-state index contributed by atoms with van der Waals surface area (Å²) >= 11 is 11.9. The van der Waals surface area contributed by atoms with Crippen molar-refractivity contribution < 1.29 is 4.42 Å². The minimum atomic E-state index is -0.179. The lowest BCUT2D eigenvalue weighted by molar-refractivity contribution is 0.619. The van der Waals surface area contributed by atoms with Gasteiger partial charge in [-0.2, -0.15) is 0 Å². The fourth-order valence-electron chi connectivity index (χ4n) is 1.95. The molecule has 0 amide bonds. The summed E-state index contributed by atoms with van der Waals surface area (Å²) in [6.07, 6.45) is 0. The Balaban J connectivity index is 2.34. The fraction of sp³-hybridized carbons (Fsp3) is 0. The molecule has 0 bridgehead atoms. The highest BCUT2D eigenvalue weighted by Gasteiger charge is 2.10. The first-order valence-corrected chi connectivity index (χ1v) is 6.39. The van der Waals surface area contributed by atoms with Crippen molar-refractivity contribution in [2.24, 2.45) is 0 Å². The quantitative estimate of drug-likeness (QED) is 0.646. The molecule has 2 nitrogen and oxygen atoms in total. The largest absolute Gasteiger partial charge is 0.456 e. The number of rotatable bonds is 1. The fourth-order valence-corrected chi connectivity index (χ4v) is 2.52. The maximum Gasteiger partial charge on any atom is 0.194 e. The topological polar surface area (TPSA) is 30.2 Å². The molecule has 2 aromatic carbocycles. The van der Waals surface area contributed by atoms with Crippen molar-refractivity contribution in [3.8, 4) is 11.3 Å². The zero-order valence-electron chi connectivity index (χ0n) is 9.69. The second-order valence-electron chi connectivity index (χ2n) is 4.10. The van der Waals surface area contributed by atoms with Gasteiger partial charge in [-0.25, -0.2) is 0 Å². The predicted molar refractivity (Wildman–Crippen MR) is 77.9 cm³/mol. The summed E-state index contributed by atoms with van der Waals surface area (Å²) in [5.41, 5.74) is 1.04. The Hall–Kier alpha value is -1.77. The second kappa shape index (κ2) is 4.72. The summed E-state index contributed by atoms with van der Waals surface area (Å²) < 4.78 is 5.72. The Kier molecular flexibility index (Phi) is 3.05. The van der Waals surface area contributed by atoms with E-state index in [0.717, 1.165) is 5.56 Å². The van der Waals surface area contributed by atoms with E-state index in [4.69, 9.17) is 27.6 Å². The maximum absolute atomic E-state index is 12.1. The molecule has 0 unspecified atom stereocenters. The smallest absolute Gasteiger partial charge is 0.194 e. The highest BCUT2D eigenvalue weighted by molar-refractivity contribution is 6.38. The van der Waals surface area contributed by atoms with E-state index >= 15 is 0 Å². The minimum absolute atomic E-state index is 0.179. The van der Waals surface area contributed by atoms with E-state index in [2.05, 4.69) is 0 Å². The molecule has 0 atom stereocenters. The third-order valence-electron chi connectivity index (χ3n) is 2.81. The van der Waals surface area contributed by atoms with Gasteiger partial charge in [0.25, 0.3) is 0 Å². The van der Waals surface area contributed by atoms with Crippen LogP contribution in [-0.2, 0) is 0 Å². The molecule has 0 saturated carbocycles. The molecule has 3 rings (SSSR count). The Morgan fingerprint density at radius 3 is 2.42 bits per heavy atom. The van der Waals surface area contributed by atoms with Crippen LogP contribution < -0.4 is 5.43 Å². The van der Waals surface area contributed by atoms with Gasteiger partial charge in [0.05, 0.1) is 10.4 Å². The molecule has 0 saturated heterocycles. The Labute approximate surface area is 119 Å². The first-order chi connectivity index (χ1) is 9.15. The molecule has 0 fully saturated rings. The predicted octanol–water partition coefficient (Wildman–Crippen LogP) is 4.77. The van der Waals surface area contributed by atoms with Gasteiger partial charge in [0.15, 0.2) is 5.43 Å². The Bertz CT molecular complexity index is 807. The van der Waals surface area contributed by atoms with Gasteiger partial charge in [-0.05, 0) is 6.07 Å². The number of hydrogen-bond donors (Lipinski definition) is 0. The monoisotopic (exact) mass is 290 g/mol. The Morgan fingerprint density at radius 2 is 1.68 bits per heavy atom. The summed E-state index contributed by atoms with van der Waals surface area (Å²) in [5, 5.41) is 1.09. The van der Waals surface area contributed by atoms with Gasteiger partial charge in [0.1, 0.15) is 11.3 Å². The summed E-state index contributed by atoms with van der Waals surface area (Å²) in [6, 6.07) is 14.0. The molecule has 1 heterocycles. The van der Waals surface area contributed by atoms with Crippen molar-refractivity contribution >= 4 is 34.2 Å². The third-order valence-corrected chi connectivity index (χ3v) is 3.32. The van der Waals surface area contributed by atoms with Crippen LogP contribution in [0.15, 0.2) is 57.7 Å². The zero-order chi connectivity index (χ0) is 13.4. The maximum atomic E-state index is 12.1. The van der Waals surface area contributed by atoms with Crippen molar-refractivity contribution in [3.63, 3.8) is 0 Å². The molecule has 4 heteroatoms. The summed E-state index contributed by atoms with van der Waals surface area (Å²) in [7, 11) is 0. The van der Waals surface area contributed by atoms with Crippen LogP contribution >= 0.6 is 23.2 Å². The van der Waals surface area contributed by atoms with Crippen molar-refractivity contribution in [2.45, 2.75) is 0 Å². The molecule has 1 aromatic heterocycles. The van der Waals surface area contributed by atoms with Gasteiger partial charge in [-0.15, -0.1) is 0 Å². The van der Waals surface area contributed by atoms with Crippen LogP contribution in [0.2, 0.25) is 10.0 Å². The van der Waals surface area contributed by atoms with E-state index in [-0.39, 0.29) is 5.43 Å². The van der Waals surface area contributed by atoms with Crippen LogP contribution in [0.4, 0.5) is 0 Å². The van der Waals surface area contributed by atoms with E-state index in [0.29, 0.717) is 26.8 Å². The van der Waals surface area contributed by atoms with E-state index < -0.39 is 0 Å². The van der Waals surface area contributed by atoms with Gasteiger partial charge < -0.3 is 4.42 Å². The van der Waals surface area contributed by atoms with Crippen LogP contribution in [0.5, 0.6) is 0 Å². The van der Waals surface area contributed by atoms with Crippen molar-refractivity contribution in [1.29, 1.82) is 0 Å². The van der Waals surface area contributed by atoms with Gasteiger partial charge in [-0.3, -0.25) is 4.79 Å². The van der Waals surface area contributed by atoms with Crippen LogP contribution in [-0.4, -0.2) is 0 Å². The van der Waals surface area contributed by atoms with Gasteiger partial charge >= 0.3 is 0 Å². The molecular formula is C15H8Cl2O2. The van der Waals surface area contributed by atoms with Gasteiger partial charge in [-0.1, -0.05) is 53.5 Å². The van der Waals surface area contributed by atoms with E-state index in [1.54, 1.807) is 6.07 Å². The van der Waals surface area contributed by atoms with E-state index in [9.17, 15) is 4.79 Å². The molecule has 0 aliphatic carbocycles. The lowest BCUT2D eigenvalue weighted by atomic mass is 10.1. The first-order valence-electron chi connectivity index (χ1n) is 5.63. The van der Waals surface area contributed by atoms with Gasteiger partial charge in [0, 0.05) is 22.7 Å². The van der Waals surface area contributed by atoms with Crippen LogP contribution in [0, 0.1) is 0 Å². The van der Waals surface area contributed by atoms with Crippen LogP contribution in [0.1, 0.15) is 0 Å². The lowest BCUT2D eigenvalue weighted by Gasteiger charge is -2.04. The molecular weight excluding hydrogens is 283 g/mol. The number of halogens is 2. The van der Waals surface area contributed by atoms with Crippen molar-refractivity contribution in [1.82, 2.24) is 0 Å². The molecule has 94 valence electrons. The highest BCUT2D eigenvalue weighted by atomic mass is 35.5. The van der Waals surface area contributed by atoms with Gasteiger partial charge in [0.2, 0.25) is 0 Å². The molecule has 0 N–H and O–H groups in total. The summed E-state index contributed by atoms with van der Waals surface area (Å²) in [5.74, 6) is 0.497. The highest BCUT2D eigenvalue weighted by Crippen LogP contribution is 2.28. The number of hydrogen-bond acceptors (Lipinski definition) is 2. The normalized spacial score (nSPS) is 10.8. The van der Waals surface area contributed by atoms with E-state index in [1.165, 1.54) is 12.1 Å². The Morgan fingerprint density at radius 1 is 0.947 bits per heavy atom. The SMILES string of the molecule is O=c1cc(-c2ccccc2)oc2cc(Cl)cc(Cl)c12. The molecule has 19 heavy (non-hydrogen) atoms. The van der Waals surface area contributed by atoms with Crippen molar-refractivity contribution in [3.05, 3.63) is 68.8 Å². The molecule has 0 spiro atoms. The van der Waals surface area contributed by atoms with Crippen LogP contribution in [0.25, 0.3) is 22.3 Å². The third kappa shape index (κ3) is 2.25. The summed E-state index contributed by atoms with van der Waals surface area (Å²) in [6.45, 7) is 0.